The van der Waals surface area contributed by atoms with Crippen LogP contribution in [0, 0.1) is 5.82 Å². The molecular weight excluding hydrogens is 403 g/mol. The van der Waals surface area contributed by atoms with E-state index in [1.54, 1.807) is 12.1 Å². The van der Waals surface area contributed by atoms with Crippen molar-refractivity contribution in [3.63, 3.8) is 0 Å². The second kappa shape index (κ2) is 12.3. The van der Waals surface area contributed by atoms with Gasteiger partial charge in [0.25, 0.3) is 0 Å². The number of likely N-dealkylation sites (N-methyl/N-ethyl adjacent to an activating group) is 1. The van der Waals surface area contributed by atoms with Gasteiger partial charge in [0.05, 0.1) is 11.9 Å². The highest BCUT2D eigenvalue weighted by atomic mass is 19.1. The second-order valence-electron chi connectivity index (χ2n) is 7.78. The lowest BCUT2D eigenvalue weighted by atomic mass is 10.0. The Morgan fingerprint density at radius 2 is 1.72 bits per heavy atom. The molecule has 0 spiro atoms. The largest absolute Gasteiger partial charge is 0.356 e. The van der Waals surface area contributed by atoms with Crippen molar-refractivity contribution >= 4 is 5.82 Å². The van der Waals surface area contributed by atoms with Crippen molar-refractivity contribution in [3.8, 4) is 22.4 Å². The fourth-order valence-electron chi connectivity index (χ4n) is 3.84. The monoisotopic (exact) mass is 438 g/mol. The third kappa shape index (κ3) is 6.37. The molecule has 0 amide bonds. The van der Waals surface area contributed by atoms with Crippen LogP contribution < -0.4 is 10.2 Å². The van der Waals surface area contributed by atoms with Gasteiger partial charge in [0.15, 0.2) is 0 Å². The van der Waals surface area contributed by atoms with Crippen molar-refractivity contribution in [1.29, 1.82) is 0 Å². The number of rotatable bonds is 13. The predicted octanol–water partition coefficient (Wildman–Crippen LogP) is 4.43. The summed E-state index contributed by atoms with van der Waals surface area (Å²) in [5.74, 6) is 0.697. The molecule has 2 N–H and O–H groups in total. The first-order chi connectivity index (χ1) is 15.7. The van der Waals surface area contributed by atoms with E-state index in [1.165, 1.54) is 12.1 Å². The van der Waals surface area contributed by atoms with Gasteiger partial charge in [0.2, 0.25) is 0 Å². The van der Waals surface area contributed by atoms with Gasteiger partial charge in [-0.05, 0) is 81.5 Å². The number of benzene rings is 1. The van der Waals surface area contributed by atoms with Gasteiger partial charge in [-0.15, -0.1) is 0 Å². The van der Waals surface area contributed by atoms with E-state index in [-0.39, 0.29) is 5.82 Å². The summed E-state index contributed by atoms with van der Waals surface area (Å²) in [5, 5.41) is 10.8. The Kier molecular flexibility index (Phi) is 9.19. The minimum atomic E-state index is -0.249. The van der Waals surface area contributed by atoms with Crippen LogP contribution in [0.15, 0.2) is 48.8 Å². The second-order valence-corrected chi connectivity index (χ2v) is 7.78. The van der Waals surface area contributed by atoms with Gasteiger partial charge in [0, 0.05) is 37.0 Å². The van der Waals surface area contributed by atoms with Crippen LogP contribution >= 0.6 is 0 Å². The van der Waals surface area contributed by atoms with Gasteiger partial charge in [-0.3, -0.25) is 5.10 Å². The zero-order valence-corrected chi connectivity index (χ0v) is 19.4. The molecule has 0 aliphatic heterocycles. The van der Waals surface area contributed by atoms with Gasteiger partial charge in [0.1, 0.15) is 11.6 Å². The van der Waals surface area contributed by atoms with E-state index < -0.39 is 0 Å². The molecule has 2 heterocycles. The average molecular weight is 439 g/mol. The number of H-pyrrole nitrogens is 1. The molecule has 0 atom stereocenters. The molecule has 0 aliphatic carbocycles. The molecule has 1 aromatic carbocycles. The Balaban J connectivity index is 1.61. The third-order valence-corrected chi connectivity index (χ3v) is 5.82. The number of pyridine rings is 1. The average Bonchev–Trinajstić information content (AvgIpc) is 3.32. The van der Waals surface area contributed by atoms with Gasteiger partial charge in [-0.1, -0.05) is 13.8 Å². The van der Waals surface area contributed by atoms with Crippen LogP contribution in [-0.2, 0) is 0 Å². The topological polar surface area (TPSA) is 60.1 Å². The Bertz CT molecular complexity index is 936. The van der Waals surface area contributed by atoms with Crippen molar-refractivity contribution in [3.05, 3.63) is 54.6 Å². The normalized spacial score (nSPS) is 11.3. The number of hydrogen-bond donors (Lipinski definition) is 2. The van der Waals surface area contributed by atoms with Crippen molar-refractivity contribution in [2.45, 2.75) is 27.2 Å². The molecule has 7 heteroatoms. The van der Waals surface area contributed by atoms with E-state index in [2.05, 4.69) is 57.1 Å². The van der Waals surface area contributed by atoms with Crippen LogP contribution in [-0.4, -0.2) is 65.9 Å². The number of nitrogens with one attached hydrogen (secondary N) is 2. The van der Waals surface area contributed by atoms with Crippen LogP contribution in [0.4, 0.5) is 10.2 Å². The van der Waals surface area contributed by atoms with Crippen LogP contribution in [0.2, 0.25) is 0 Å². The van der Waals surface area contributed by atoms with E-state index in [0.29, 0.717) is 0 Å². The SMILES string of the molecule is CCN(CC)CCCNCCN(CC)c1cc(-c2cn[nH]c2-c2ccc(F)cc2)ccn1. The molecule has 3 rings (SSSR count). The molecular formula is C25H35FN6. The highest BCUT2D eigenvalue weighted by molar-refractivity contribution is 5.81. The minimum Gasteiger partial charge on any atom is -0.356 e. The Labute approximate surface area is 190 Å². The van der Waals surface area contributed by atoms with Crippen LogP contribution in [0.1, 0.15) is 27.2 Å². The maximum atomic E-state index is 13.3. The van der Waals surface area contributed by atoms with Crippen LogP contribution in [0.25, 0.3) is 22.4 Å². The summed E-state index contributed by atoms with van der Waals surface area (Å²) < 4.78 is 13.3. The molecule has 2 aromatic heterocycles. The van der Waals surface area contributed by atoms with Crippen molar-refractivity contribution in [2.24, 2.45) is 0 Å². The Hall–Kier alpha value is -2.77. The first kappa shape index (κ1) is 23.9. The summed E-state index contributed by atoms with van der Waals surface area (Å²) in [6.45, 7) is 13.7. The fourth-order valence-corrected chi connectivity index (χ4v) is 3.84. The molecule has 0 aliphatic rings. The van der Waals surface area contributed by atoms with E-state index in [1.807, 2.05) is 18.5 Å². The van der Waals surface area contributed by atoms with E-state index in [0.717, 1.165) is 80.4 Å². The summed E-state index contributed by atoms with van der Waals surface area (Å²) in [7, 11) is 0. The zero-order valence-electron chi connectivity index (χ0n) is 19.4. The number of nitrogens with zero attached hydrogens (tertiary/aromatic N) is 4. The smallest absolute Gasteiger partial charge is 0.129 e. The summed E-state index contributed by atoms with van der Waals surface area (Å²) in [5.41, 5.74) is 3.79. The Morgan fingerprint density at radius 3 is 2.44 bits per heavy atom. The highest BCUT2D eigenvalue weighted by Crippen LogP contribution is 2.31. The maximum absolute atomic E-state index is 13.3. The summed E-state index contributed by atoms with van der Waals surface area (Å²) in [6.07, 6.45) is 4.81. The summed E-state index contributed by atoms with van der Waals surface area (Å²) in [4.78, 5) is 9.33. The number of anilines is 1. The van der Waals surface area contributed by atoms with E-state index in [4.69, 9.17) is 0 Å². The molecule has 0 saturated heterocycles. The zero-order chi connectivity index (χ0) is 22.8. The lowest BCUT2D eigenvalue weighted by Gasteiger charge is -2.23. The molecule has 172 valence electrons. The predicted molar refractivity (Wildman–Crippen MR) is 130 cm³/mol. The lowest BCUT2D eigenvalue weighted by molar-refractivity contribution is 0.298. The molecule has 0 saturated carbocycles. The molecule has 0 unspecified atom stereocenters. The van der Waals surface area contributed by atoms with Gasteiger partial charge in [-0.25, -0.2) is 9.37 Å². The minimum absolute atomic E-state index is 0.249. The molecule has 0 fully saturated rings. The van der Waals surface area contributed by atoms with Gasteiger partial charge in [-0.2, -0.15) is 5.10 Å². The van der Waals surface area contributed by atoms with Crippen molar-refractivity contribution < 1.29 is 4.39 Å². The van der Waals surface area contributed by atoms with E-state index >= 15 is 0 Å². The van der Waals surface area contributed by atoms with Crippen molar-refractivity contribution in [1.82, 2.24) is 25.4 Å². The molecule has 0 radical (unpaired) electrons. The Morgan fingerprint density at radius 1 is 0.938 bits per heavy atom. The van der Waals surface area contributed by atoms with Crippen LogP contribution in [0.5, 0.6) is 0 Å². The molecule has 32 heavy (non-hydrogen) atoms. The first-order valence-corrected chi connectivity index (χ1v) is 11.6. The van der Waals surface area contributed by atoms with Gasteiger partial charge < -0.3 is 15.1 Å². The quantitative estimate of drug-likeness (QED) is 0.387. The van der Waals surface area contributed by atoms with Gasteiger partial charge >= 0.3 is 0 Å². The molecule has 3 aromatic rings. The number of aromatic nitrogens is 3. The number of hydrogen-bond acceptors (Lipinski definition) is 5. The standard InChI is InChI=1S/C25H35FN6/c1-4-31(5-2)16-7-13-27-15-17-32(6-3)24-18-21(12-14-28-24)23-19-29-30-25(23)20-8-10-22(26)11-9-20/h8-12,14,18-19,27H,4-7,13,15-17H2,1-3H3,(H,29,30). The summed E-state index contributed by atoms with van der Waals surface area (Å²) >= 11 is 0. The first-order valence-electron chi connectivity index (χ1n) is 11.6. The maximum Gasteiger partial charge on any atom is 0.129 e. The fraction of sp³-hybridized carbons (Fsp3) is 0.440. The molecule has 6 nitrogen and oxygen atoms in total. The molecule has 0 bridgehead atoms. The number of halogens is 1. The number of aromatic amines is 1. The highest BCUT2D eigenvalue weighted by Gasteiger charge is 2.13. The third-order valence-electron chi connectivity index (χ3n) is 5.82. The summed E-state index contributed by atoms with van der Waals surface area (Å²) in [6, 6.07) is 10.5. The van der Waals surface area contributed by atoms with E-state index in [9.17, 15) is 4.39 Å². The lowest BCUT2D eigenvalue weighted by Crippen LogP contribution is -2.34. The van der Waals surface area contributed by atoms with Crippen molar-refractivity contribution in [2.75, 3.05) is 50.7 Å². The van der Waals surface area contributed by atoms with Crippen LogP contribution in [0.3, 0.4) is 0 Å².